The van der Waals surface area contributed by atoms with E-state index in [1.165, 1.54) is 11.8 Å². The molecular formula is C11H20N4O2S. The minimum Gasteiger partial charge on any atom is -0.389 e. The summed E-state index contributed by atoms with van der Waals surface area (Å²) in [6, 6.07) is 1.82. The molecule has 102 valence electrons. The minimum absolute atomic E-state index is 0.299. The fourth-order valence-corrected chi connectivity index (χ4v) is 1.73. The summed E-state index contributed by atoms with van der Waals surface area (Å²) in [5.74, 6) is 1.47. The van der Waals surface area contributed by atoms with E-state index in [1.54, 1.807) is 7.11 Å². The van der Waals surface area contributed by atoms with Gasteiger partial charge in [-0.05, 0) is 13.2 Å². The van der Waals surface area contributed by atoms with Crippen LogP contribution in [0.4, 0.5) is 11.6 Å². The zero-order chi connectivity index (χ0) is 13.4. The Bertz CT molecular complexity index is 365. The summed E-state index contributed by atoms with van der Waals surface area (Å²) < 4.78 is 4.86. The molecule has 0 aliphatic heterocycles. The molecule has 0 aromatic carbocycles. The van der Waals surface area contributed by atoms with E-state index in [2.05, 4.69) is 20.6 Å². The van der Waals surface area contributed by atoms with E-state index in [4.69, 9.17) is 4.74 Å². The average Bonchev–Trinajstić information content (AvgIpc) is 2.37. The van der Waals surface area contributed by atoms with Crippen LogP contribution in [0.1, 0.15) is 6.92 Å². The SMILES string of the molecule is CCNc1cc(NCC(O)COC)nc(SC)n1. The molecule has 1 aromatic heterocycles. The monoisotopic (exact) mass is 272 g/mol. The molecule has 0 amide bonds. The van der Waals surface area contributed by atoms with Gasteiger partial charge in [-0.1, -0.05) is 11.8 Å². The Balaban J connectivity index is 2.65. The maximum Gasteiger partial charge on any atom is 0.191 e. The van der Waals surface area contributed by atoms with Gasteiger partial charge in [-0.25, -0.2) is 9.97 Å². The zero-order valence-electron chi connectivity index (χ0n) is 10.9. The summed E-state index contributed by atoms with van der Waals surface area (Å²) in [6.45, 7) is 3.50. The van der Waals surface area contributed by atoms with Gasteiger partial charge in [-0.2, -0.15) is 0 Å². The van der Waals surface area contributed by atoms with E-state index in [0.29, 0.717) is 24.1 Å². The number of anilines is 2. The topological polar surface area (TPSA) is 79.3 Å². The maximum absolute atomic E-state index is 9.56. The van der Waals surface area contributed by atoms with Crippen molar-refractivity contribution in [3.05, 3.63) is 6.07 Å². The summed E-state index contributed by atoms with van der Waals surface area (Å²) in [5.41, 5.74) is 0. The number of rotatable bonds is 8. The van der Waals surface area contributed by atoms with Gasteiger partial charge < -0.3 is 20.5 Å². The lowest BCUT2D eigenvalue weighted by Gasteiger charge is -2.12. The second-order valence-electron chi connectivity index (χ2n) is 3.65. The van der Waals surface area contributed by atoms with E-state index < -0.39 is 6.10 Å². The lowest BCUT2D eigenvalue weighted by molar-refractivity contribution is 0.0727. The van der Waals surface area contributed by atoms with Gasteiger partial charge in [0.25, 0.3) is 0 Å². The van der Waals surface area contributed by atoms with Gasteiger partial charge in [0.05, 0.1) is 12.7 Å². The first-order chi connectivity index (χ1) is 8.69. The molecule has 3 N–H and O–H groups in total. The van der Waals surface area contributed by atoms with Crippen LogP contribution in [0.5, 0.6) is 0 Å². The lowest BCUT2D eigenvalue weighted by Crippen LogP contribution is -2.24. The van der Waals surface area contributed by atoms with Gasteiger partial charge in [0.15, 0.2) is 5.16 Å². The fourth-order valence-electron chi connectivity index (χ4n) is 1.35. The number of methoxy groups -OCH3 is 1. The number of aliphatic hydroxyl groups excluding tert-OH is 1. The van der Waals surface area contributed by atoms with Gasteiger partial charge in [0, 0.05) is 26.3 Å². The third kappa shape index (κ3) is 5.07. The van der Waals surface area contributed by atoms with Crippen molar-refractivity contribution in [2.75, 3.05) is 43.7 Å². The van der Waals surface area contributed by atoms with Crippen LogP contribution in [0.25, 0.3) is 0 Å². The Kier molecular flexibility index (Phi) is 6.77. The Hall–Kier alpha value is -1.05. The van der Waals surface area contributed by atoms with E-state index in [0.717, 1.165) is 12.4 Å². The van der Waals surface area contributed by atoms with E-state index in [9.17, 15) is 5.11 Å². The second kappa shape index (κ2) is 8.12. The predicted molar refractivity (Wildman–Crippen MR) is 74.3 cm³/mol. The highest BCUT2D eigenvalue weighted by Crippen LogP contribution is 2.17. The van der Waals surface area contributed by atoms with Crippen LogP contribution >= 0.6 is 11.8 Å². The standard InChI is InChI=1S/C11H20N4O2S/c1-4-12-9-5-10(15-11(14-9)18-3)13-6-8(16)7-17-2/h5,8,16H,4,6-7H2,1-3H3,(H2,12,13,14,15). The third-order valence-electron chi connectivity index (χ3n) is 2.12. The van der Waals surface area contributed by atoms with Gasteiger partial charge >= 0.3 is 0 Å². The van der Waals surface area contributed by atoms with Crippen molar-refractivity contribution in [3.8, 4) is 0 Å². The van der Waals surface area contributed by atoms with Gasteiger partial charge in [0.1, 0.15) is 11.6 Å². The van der Waals surface area contributed by atoms with Crippen molar-refractivity contribution in [3.63, 3.8) is 0 Å². The first-order valence-corrected chi connectivity index (χ1v) is 6.99. The normalized spacial score (nSPS) is 12.2. The number of ether oxygens (including phenoxy) is 1. The van der Waals surface area contributed by atoms with Crippen molar-refractivity contribution in [1.29, 1.82) is 0 Å². The van der Waals surface area contributed by atoms with Gasteiger partial charge in [0.2, 0.25) is 0 Å². The van der Waals surface area contributed by atoms with Gasteiger partial charge in [-0.15, -0.1) is 0 Å². The molecule has 0 aliphatic rings. The third-order valence-corrected chi connectivity index (χ3v) is 2.67. The van der Waals surface area contributed by atoms with Crippen molar-refractivity contribution < 1.29 is 9.84 Å². The number of aliphatic hydroxyl groups is 1. The van der Waals surface area contributed by atoms with E-state index in [1.807, 2.05) is 19.2 Å². The van der Waals surface area contributed by atoms with E-state index >= 15 is 0 Å². The maximum atomic E-state index is 9.56. The minimum atomic E-state index is -0.551. The van der Waals surface area contributed by atoms with Crippen LogP contribution in [0, 0.1) is 0 Å². The van der Waals surface area contributed by atoms with Crippen LogP contribution < -0.4 is 10.6 Å². The fraction of sp³-hybridized carbons (Fsp3) is 0.636. The van der Waals surface area contributed by atoms with Crippen molar-refractivity contribution >= 4 is 23.4 Å². The summed E-state index contributed by atoms with van der Waals surface area (Å²) >= 11 is 1.48. The lowest BCUT2D eigenvalue weighted by atomic mass is 10.3. The molecule has 7 heteroatoms. The van der Waals surface area contributed by atoms with Gasteiger partial charge in [-0.3, -0.25) is 0 Å². The average molecular weight is 272 g/mol. The molecule has 1 unspecified atom stereocenters. The van der Waals surface area contributed by atoms with Crippen molar-refractivity contribution in [1.82, 2.24) is 9.97 Å². The summed E-state index contributed by atoms with van der Waals surface area (Å²) in [7, 11) is 1.56. The number of thioether (sulfide) groups is 1. The Morgan fingerprint density at radius 2 is 2.06 bits per heavy atom. The molecule has 0 spiro atoms. The molecule has 0 aliphatic carbocycles. The van der Waals surface area contributed by atoms with Crippen LogP contribution in [-0.4, -0.2) is 54.2 Å². The molecule has 6 nitrogen and oxygen atoms in total. The molecule has 18 heavy (non-hydrogen) atoms. The highest BCUT2D eigenvalue weighted by molar-refractivity contribution is 7.98. The van der Waals surface area contributed by atoms with Crippen LogP contribution in [-0.2, 0) is 4.74 Å². The predicted octanol–water partition coefficient (Wildman–Crippen LogP) is 1.05. The number of hydrogen-bond acceptors (Lipinski definition) is 7. The van der Waals surface area contributed by atoms with Crippen LogP contribution in [0.2, 0.25) is 0 Å². The molecule has 1 heterocycles. The Morgan fingerprint density at radius 1 is 1.39 bits per heavy atom. The number of nitrogens with one attached hydrogen (secondary N) is 2. The number of hydrogen-bond donors (Lipinski definition) is 3. The quantitative estimate of drug-likeness (QED) is 0.482. The molecule has 1 atom stereocenters. The Labute approximate surface area is 112 Å². The molecule has 1 rings (SSSR count). The molecule has 0 radical (unpaired) electrons. The Morgan fingerprint density at radius 3 is 2.61 bits per heavy atom. The van der Waals surface area contributed by atoms with Crippen molar-refractivity contribution in [2.45, 2.75) is 18.2 Å². The molecule has 0 saturated carbocycles. The largest absolute Gasteiger partial charge is 0.389 e. The molecule has 0 bridgehead atoms. The van der Waals surface area contributed by atoms with E-state index in [-0.39, 0.29) is 0 Å². The first kappa shape index (κ1) is 15.0. The zero-order valence-corrected chi connectivity index (χ0v) is 11.8. The first-order valence-electron chi connectivity index (χ1n) is 5.77. The highest BCUT2D eigenvalue weighted by atomic mass is 32.2. The highest BCUT2D eigenvalue weighted by Gasteiger charge is 2.06. The number of nitrogens with zero attached hydrogens (tertiary/aromatic N) is 2. The molecule has 0 saturated heterocycles. The summed E-state index contributed by atoms with van der Waals surface area (Å²) in [5, 5.41) is 16.5. The molecular weight excluding hydrogens is 252 g/mol. The second-order valence-corrected chi connectivity index (χ2v) is 4.42. The smallest absolute Gasteiger partial charge is 0.191 e. The molecule has 0 fully saturated rings. The van der Waals surface area contributed by atoms with Crippen LogP contribution in [0.15, 0.2) is 11.2 Å². The van der Waals surface area contributed by atoms with Crippen molar-refractivity contribution in [2.24, 2.45) is 0 Å². The summed E-state index contributed by atoms with van der Waals surface area (Å²) in [4.78, 5) is 8.63. The van der Waals surface area contributed by atoms with Crippen LogP contribution in [0.3, 0.4) is 0 Å². The summed E-state index contributed by atoms with van der Waals surface area (Å²) in [6.07, 6.45) is 1.37. The number of aromatic nitrogens is 2. The molecule has 1 aromatic rings.